The van der Waals surface area contributed by atoms with E-state index in [2.05, 4.69) is 40.3 Å². The lowest BCUT2D eigenvalue weighted by Gasteiger charge is -2.00. The maximum Gasteiger partial charge on any atom is 0.0202 e. The van der Waals surface area contributed by atoms with E-state index >= 15 is 0 Å². The molecule has 0 atom stereocenters. The van der Waals surface area contributed by atoms with Gasteiger partial charge in [0.1, 0.15) is 0 Å². The third-order valence-electron chi connectivity index (χ3n) is 3.71. The molecule has 1 rings (SSSR count). The van der Waals surface area contributed by atoms with E-state index in [0.29, 0.717) is 0 Å². The van der Waals surface area contributed by atoms with Gasteiger partial charge in [-0.25, -0.2) is 0 Å². The molecule has 0 unspecified atom stereocenters. The molecule has 0 saturated carbocycles. The summed E-state index contributed by atoms with van der Waals surface area (Å²) in [5.74, 6) is 0. The van der Waals surface area contributed by atoms with Crippen LogP contribution < -0.4 is 5.32 Å². The van der Waals surface area contributed by atoms with Crippen molar-refractivity contribution < 1.29 is 0 Å². The first-order chi connectivity index (χ1) is 10.8. The molecule has 128 valence electrons. The molecule has 0 amide bonds. The second-order valence-corrected chi connectivity index (χ2v) is 6.68. The zero-order valence-electron chi connectivity index (χ0n) is 14.7. The van der Waals surface area contributed by atoms with E-state index in [1.54, 1.807) is 0 Å². The number of rotatable bonds is 12. The number of nitrogens with one attached hydrogen (secondary N) is 1. The van der Waals surface area contributed by atoms with Crippen LogP contribution in [-0.4, -0.2) is 12.4 Å². The van der Waals surface area contributed by atoms with Crippen LogP contribution >= 0.6 is 15.9 Å². The number of hydrogen-bond acceptors (Lipinski definition) is 1. The first-order valence-corrected chi connectivity index (χ1v) is 10.2. The fourth-order valence-corrected chi connectivity index (χ4v) is 2.78. The van der Waals surface area contributed by atoms with Crippen LogP contribution in [0.15, 0.2) is 30.3 Å². The second-order valence-electron chi connectivity index (χ2n) is 5.89. The van der Waals surface area contributed by atoms with Gasteiger partial charge >= 0.3 is 0 Å². The minimum Gasteiger partial charge on any atom is -0.316 e. The van der Waals surface area contributed by atoms with Gasteiger partial charge in [-0.05, 0) is 19.0 Å². The summed E-state index contributed by atoms with van der Waals surface area (Å²) in [4.78, 5) is 0. The summed E-state index contributed by atoms with van der Waals surface area (Å²) in [6.45, 7) is 3.24. The van der Waals surface area contributed by atoms with Crippen molar-refractivity contribution in [1.82, 2.24) is 5.32 Å². The molecule has 0 radical (unpaired) electrons. The molecule has 1 nitrogen and oxygen atoms in total. The summed E-state index contributed by atoms with van der Waals surface area (Å²) >= 11 is 3.46. The number of alkyl halides is 1. The Bertz CT molecular complexity index is 290. The molecule has 1 aromatic rings. The van der Waals surface area contributed by atoms with E-state index in [0.717, 1.165) is 6.54 Å². The number of halogens is 1. The molecule has 0 heterocycles. The highest BCUT2D eigenvalue weighted by atomic mass is 79.9. The predicted octanol–water partition coefficient (Wildman–Crippen LogP) is 6.71. The molecule has 0 saturated heterocycles. The molecular weight excluding hydrogens is 334 g/mol. The van der Waals surface area contributed by atoms with Crippen molar-refractivity contribution in [3.05, 3.63) is 35.9 Å². The van der Waals surface area contributed by atoms with Crippen LogP contribution in [0.2, 0.25) is 0 Å². The van der Waals surface area contributed by atoms with Crippen LogP contribution in [0.25, 0.3) is 0 Å². The Morgan fingerprint density at radius 1 is 0.773 bits per heavy atom. The van der Waals surface area contributed by atoms with Crippen molar-refractivity contribution in [3.8, 4) is 0 Å². The minimum absolute atomic E-state index is 0.959. The van der Waals surface area contributed by atoms with Crippen molar-refractivity contribution in [3.63, 3.8) is 0 Å². The molecule has 0 aliphatic rings. The van der Waals surface area contributed by atoms with Crippen LogP contribution in [-0.2, 0) is 6.54 Å². The Kier molecular flexibility index (Phi) is 18.4. The number of benzene rings is 1. The highest BCUT2D eigenvalue weighted by Gasteiger charge is 1.91. The first kappa shape index (κ1) is 21.7. The van der Waals surface area contributed by atoms with Gasteiger partial charge in [0, 0.05) is 11.9 Å². The van der Waals surface area contributed by atoms with Crippen LogP contribution in [0.1, 0.15) is 76.7 Å². The largest absolute Gasteiger partial charge is 0.316 e. The smallest absolute Gasteiger partial charge is 0.0202 e. The van der Waals surface area contributed by atoms with Gasteiger partial charge in [0.25, 0.3) is 0 Å². The molecule has 0 aliphatic heterocycles. The highest BCUT2D eigenvalue weighted by Crippen LogP contribution is 2.10. The first-order valence-electron chi connectivity index (χ1n) is 9.09. The zero-order valence-corrected chi connectivity index (χ0v) is 16.3. The molecule has 22 heavy (non-hydrogen) atoms. The van der Waals surface area contributed by atoms with Crippen LogP contribution in [0.3, 0.4) is 0 Å². The van der Waals surface area contributed by atoms with Gasteiger partial charge in [-0.3, -0.25) is 0 Å². The van der Waals surface area contributed by atoms with Crippen molar-refractivity contribution >= 4 is 15.9 Å². The molecule has 0 aromatic heterocycles. The fraction of sp³-hybridized carbons (Fsp3) is 0.700. The lowest BCUT2D eigenvalue weighted by Crippen LogP contribution is -2.04. The van der Waals surface area contributed by atoms with Crippen LogP contribution in [0, 0.1) is 0 Å². The monoisotopic (exact) mass is 369 g/mol. The molecule has 2 heteroatoms. The zero-order chi connectivity index (χ0) is 16.3. The number of unbranched alkanes of at least 4 members (excludes halogenated alkanes) is 9. The maximum atomic E-state index is 3.46. The van der Waals surface area contributed by atoms with Gasteiger partial charge in [0.05, 0.1) is 0 Å². The van der Waals surface area contributed by atoms with E-state index in [9.17, 15) is 0 Å². The third kappa shape index (κ3) is 16.0. The second kappa shape index (κ2) is 18.7. The lowest BCUT2D eigenvalue weighted by atomic mass is 10.1. The van der Waals surface area contributed by atoms with Crippen molar-refractivity contribution in [2.75, 3.05) is 12.4 Å². The molecular formula is C20H36BrN. The molecule has 0 spiro atoms. The normalized spacial score (nSPS) is 10.1. The summed E-state index contributed by atoms with van der Waals surface area (Å²) < 4.78 is 0. The van der Waals surface area contributed by atoms with Crippen molar-refractivity contribution in [2.24, 2.45) is 0 Å². The summed E-state index contributed by atoms with van der Waals surface area (Å²) in [6.07, 6.45) is 14.3. The topological polar surface area (TPSA) is 12.0 Å². The summed E-state index contributed by atoms with van der Waals surface area (Å²) in [5, 5.41) is 4.27. The van der Waals surface area contributed by atoms with E-state index in [1.165, 1.54) is 75.1 Å². The number of hydrogen-bond donors (Lipinski definition) is 1. The summed E-state index contributed by atoms with van der Waals surface area (Å²) in [6, 6.07) is 10.3. The average Bonchev–Trinajstić information content (AvgIpc) is 2.55. The summed E-state index contributed by atoms with van der Waals surface area (Å²) in [5.41, 5.74) is 1.33. The third-order valence-corrected chi connectivity index (χ3v) is 4.27. The Balaban J connectivity index is 0.000000425. The van der Waals surface area contributed by atoms with Crippen LogP contribution in [0.4, 0.5) is 0 Å². The quantitative estimate of drug-likeness (QED) is 0.318. The molecule has 0 bridgehead atoms. The van der Waals surface area contributed by atoms with Crippen LogP contribution in [0.5, 0.6) is 0 Å². The van der Waals surface area contributed by atoms with E-state index < -0.39 is 0 Å². The Labute approximate surface area is 147 Å². The Hall–Kier alpha value is -0.340. The Morgan fingerprint density at radius 2 is 1.27 bits per heavy atom. The maximum absolute atomic E-state index is 3.46. The van der Waals surface area contributed by atoms with Crippen molar-refractivity contribution in [1.29, 1.82) is 0 Å². The van der Waals surface area contributed by atoms with E-state index in [1.807, 2.05) is 25.2 Å². The predicted molar refractivity (Wildman–Crippen MR) is 105 cm³/mol. The fourth-order valence-electron chi connectivity index (χ4n) is 2.38. The lowest BCUT2D eigenvalue weighted by molar-refractivity contribution is 0.563. The minimum atomic E-state index is 0.959. The molecule has 1 aromatic carbocycles. The van der Waals surface area contributed by atoms with Gasteiger partial charge in [-0.1, -0.05) is 111 Å². The molecule has 1 N–H and O–H groups in total. The summed E-state index contributed by atoms with van der Waals surface area (Å²) in [7, 11) is 1.95. The van der Waals surface area contributed by atoms with Crippen molar-refractivity contribution in [2.45, 2.75) is 77.7 Å². The van der Waals surface area contributed by atoms with E-state index in [4.69, 9.17) is 0 Å². The SMILES string of the molecule is CCCCCCCCCCCCBr.CNCc1ccccc1. The van der Waals surface area contributed by atoms with Gasteiger partial charge in [0.2, 0.25) is 0 Å². The van der Waals surface area contributed by atoms with Gasteiger partial charge in [0.15, 0.2) is 0 Å². The highest BCUT2D eigenvalue weighted by molar-refractivity contribution is 9.09. The van der Waals surface area contributed by atoms with Gasteiger partial charge in [-0.15, -0.1) is 0 Å². The standard InChI is InChI=1S/C12H25Br.C8H11N/c1-2-3-4-5-6-7-8-9-10-11-12-13;1-9-7-8-5-3-2-4-6-8/h2-12H2,1H3;2-6,9H,7H2,1H3. The Morgan fingerprint density at radius 3 is 1.73 bits per heavy atom. The molecule has 0 fully saturated rings. The molecule has 0 aliphatic carbocycles. The van der Waals surface area contributed by atoms with Gasteiger partial charge in [-0.2, -0.15) is 0 Å². The van der Waals surface area contributed by atoms with E-state index in [-0.39, 0.29) is 0 Å². The average molecular weight is 370 g/mol. The van der Waals surface area contributed by atoms with Gasteiger partial charge < -0.3 is 5.32 Å².